The third-order valence-electron chi connectivity index (χ3n) is 6.75. The van der Waals surface area contributed by atoms with E-state index in [0.717, 1.165) is 22.0 Å². The van der Waals surface area contributed by atoms with Gasteiger partial charge in [0.05, 0.1) is 18.3 Å². The summed E-state index contributed by atoms with van der Waals surface area (Å²) in [5, 5.41) is 4.91. The molecule has 4 aromatic rings. The molecular weight excluding hydrogens is 471 g/mol. The highest BCUT2D eigenvalue weighted by atomic mass is 19.1. The molecule has 2 heterocycles. The number of hydrogen-bond donors (Lipinski definition) is 1. The summed E-state index contributed by atoms with van der Waals surface area (Å²) in [6, 6.07) is 22.9. The Kier molecular flexibility index (Phi) is 7.18. The first-order chi connectivity index (χ1) is 18.0. The lowest BCUT2D eigenvalue weighted by molar-refractivity contribution is -0.134. The van der Waals surface area contributed by atoms with Crippen molar-refractivity contribution in [2.75, 3.05) is 38.7 Å². The molecule has 1 atom stereocenters. The van der Waals surface area contributed by atoms with Crippen molar-refractivity contribution in [2.24, 2.45) is 0 Å². The van der Waals surface area contributed by atoms with E-state index in [1.54, 1.807) is 24.1 Å². The molecule has 1 aromatic heterocycles. The molecule has 0 saturated heterocycles. The number of halogens is 1. The van der Waals surface area contributed by atoms with Gasteiger partial charge in [-0.1, -0.05) is 48.5 Å². The summed E-state index contributed by atoms with van der Waals surface area (Å²) in [7, 11) is 1.56. The second-order valence-corrected chi connectivity index (χ2v) is 9.04. The van der Waals surface area contributed by atoms with Crippen molar-refractivity contribution >= 4 is 28.4 Å². The number of benzene rings is 3. The first kappa shape index (κ1) is 24.5. The zero-order valence-electron chi connectivity index (χ0n) is 20.6. The number of anilines is 1. The number of carbonyl (C=O) groups is 2. The Labute approximate surface area is 215 Å². The number of hydrogen-bond acceptors (Lipinski definition) is 3. The summed E-state index contributed by atoms with van der Waals surface area (Å²) >= 11 is 0. The number of nitrogens with one attached hydrogen (secondary N) is 1. The minimum Gasteiger partial charge on any atom is -0.383 e. The van der Waals surface area contributed by atoms with E-state index in [2.05, 4.69) is 9.88 Å². The van der Waals surface area contributed by atoms with Gasteiger partial charge in [-0.25, -0.2) is 9.18 Å². The van der Waals surface area contributed by atoms with Gasteiger partial charge in [-0.3, -0.25) is 4.79 Å². The summed E-state index contributed by atoms with van der Waals surface area (Å²) < 4.78 is 21.0. The highest BCUT2D eigenvalue weighted by molar-refractivity contribution is 6.02. The molecule has 7 nitrogen and oxygen atoms in total. The van der Waals surface area contributed by atoms with Crippen LogP contribution in [0.1, 0.15) is 17.3 Å². The Morgan fingerprint density at radius 1 is 1.00 bits per heavy atom. The summed E-state index contributed by atoms with van der Waals surface area (Å²) in [5.74, 6) is -0.519. The molecule has 37 heavy (non-hydrogen) atoms. The quantitative estimate of drug-likeness (QED) is 0.393. The molecule has 8 heteroatoms. The van der Waals surface area contributed by atoms with Gasteiger partial charge in [0.1, 0.15) is 12.4 Å². The van der Waals surface area contributed by atoms with Crippen molar-refractivity contribution in [3.05, 3.63) is 102 Å². The van der Waals surface area contributed by atoms with Crippen LogP contribution in [0.15, 0.2) is 85.1 Å². The molecule has 3 aromatic carbocycles. The Bertz CT molecular complexity index is 1400. The van der Waals surface area contributed by atoms with E-state index < -0.39 is 0 Å². The number of fused-ring (bicyclic) bond motifs is 2. The van der Waals surface area contributed by atoms with E-state index >= 15 is 0 Å². The maximum absolute atomic E-state index is 13.7. The summed E-state index contributed by atoms with van der Waals surface area (Å²) in [5.41, 5.74) is 2.45. The molecule has 0 aliphatic carbocycles. The molecule has 0 fully saturated rings. The topological polar surface area (TPSA) is 66.8 Å². The zero-order valence-corrected chi connectivity index (χ0v) is 20.6. The number of aromatic nitrogens is 1. The van der Waals surface area contributed by atoms with Crippen molar-refractivity contribution in [1.82, 2.24) is 14.4 Å². The van der Waals surface area contributed by atoms with E-state index in [-0.39, 0.29) is 36.9 Å². The zero-order chi connectivity index (χ0) is 25.8. The predicted molar refractivity (Wildman–Crippen MR) is 141 cm³/mol. The first-order valence-electron chi connectivity index (χ1n) is 12.3. The fourth-order valence-corrected chi connectivity index (χ4v) is 4.88. The van der Waals surface area contributed by atoms with Crippen LogP contribution >= 0.6 is 0 Å². The van der Waals surface area contributed by atoms with Crippen LogP contribution in [0.25, 0.3) is 10.8 Å². The van der Waals surface area contributed by atoms with Gasteiger partial charge in [0.25, 0.3) is 0 Å². The van der Waals surface area contributed by atoms with Crippen LogP contribution in [0.3, 0.4) is 0 Å². The Balaban J connectivity index is 1.39. The molecule has 0 spiro atoms. The Morgan fingerprint density at radius 2 is 1.78 bits per heavy atom. The van der Waals surface area contributed by atoms with Crippen LogP contribution in [0.5, 0.6) is 0 Å². The van der Waals surface area contributed by atoms with Crippen LogP contribution in [0.2, 0.25) is 0 Å². The van der Waals surface area contributed by atoms with Gasteiger partial charge < -0.3 is 24.4 Å². The smallest absolute Gasteiger partial charge is 0.322 e. The maximum atomic E-state index is 13.7. The molecule has 3 amide bonds. The summed E-state index contributed by atoms with van der Waals surface area (Å²) in [6.07, 6.45) is 1.98. The number of carbonyl (C=O) groups excluding carboxylic acids is 2. The molecule has 1 unspecified atom stereocenters. The lowest BCUT2D eigenvalue weighted by Crippen LogP contribution is -2.49. The van der Waals surface area contributed by atoms with Crippen LogP contribution in [-0.2, 0) is 16.1 Å². The van der Waals surface area contributed by atoms with Crippen molar-refractivity contribution in [2.45, 2.75) is 12.6 Å². The molecule has 5 rings (SSSR count). The monoisotopic (exact) mass is 500 g/mol. The third-order valence-corrected chi connectivity index (χ3v) is 6.75. The molecule has 1 aliphatic heterocycles. The van der Waals surface area contributed by atoms with Gasteiger partial charge in [-0.05, 0) is 41.3 Å². The number of rotatable bonds is 7. The number of methoxy groups -OCH3 is 1. The van der Waals surface area contributed by atoms with Crippen molar-refractivity contribution in [1.29, 1.82) is 0 Å². The van der Waals surface area contributed by atoms with Crippen molar-refractivity contribution < 1.29 is 18.7 Å². The molecule has 1 N–H and O–H groups in total. The van der Waals surface area contributed by atoms with Gasteiger partial charge in [0, 0.05) is 44.0 Å². The molecule has 0 radical (unpaired) electrons. The van der Waals surface area contributed by atoms with E-state index in [4.69, 9.17) is 4.74 Å². The average Bonchev–Trinajstić information content (AvgIpc) is 3.40. The van der Waals surface area contributed by atoms with Crippen LogP contribution in [0, 0.1) is 5.82 Å². The van der Waals surface area contributed by atoms with Crippen molar-refractivity contribution in [3.63, 3.8) is 0 Å². The molecular formula is C29H29FN4O3. The van der Waals surface area contributed by atoms with Crippen LogP contribution in [-0.4, -0.2) is 59.7 Å². The highest BCUT2D eigenvalue weighted by Gasteiger charge is 2.33. The van der Waals surface area contributed by atoms with E-state index in [1.807, 2.05) is 60.8 Å². The van der Waals surface area contributed by atoms with Gasteiger partial charge >= 0.3 is 6.03 Å². The third kappa shape index (κ3) is 5.20. The average molecular weight is 501 g/mol. The van der Waals surface area contributed by atoms with E-state index in [0.29, 0.717) is 25.4 Å². The molecule has 0 saturated carbocycles. The fraction of sp³-hybridized carbons (Fsp3) is 0.241. The Morgan fingerprint density at radius 3 is 2.59 bits per heavy atom. The summed E-state index contributed by atoms with van der Waals surface area (Å²) in [4.78, 5) is 30.3. The van der Waals surface area contributed by atoms with Gasteiger partial charge in [-0.15, -0.1) is 0 Å². The number of amides is 3. The molecule has 190 valence electrons. The van der Waals surface area contributed by atoms with Gasteiger partial charge in [-0.2, -0.15) is 0 Å². The van der Waals surface area contributed by atoms with Gasteiger partial charge in [0.15, 0.2) is 0 Å². The minimum absolute atomic E-state index is 0.113. The normalized spacial score (nSPS) is 14.9. The minimum atomic E-state index is -0.375. The van der Waals surface area contributed by atoms with E-state index in [1.165, 1.54) is 17.0 Å². The Hall–Kier alpha value is -4.17. The first-order valence-corrected chi connectivity index (χ1v) is 12.3. The van der Waals surface area contributed by atoms with Crippen molar-refractivity contribution in [3.8, 4) is 0 Å². The number of urea groups is 1. The van der Waals surface area contributed by atoms with E-state index in [9.17, 15) is 14.0 Å². The standard InChI is InChI=1S/C29H29FN4O3/c1-37-19-18-33(29(36)31-25-9-4-7-21-6-2-3-8-24(21)25)20-27(35)34-17-16-32-15-5-10-26(32)28(34)22-11-13-23(30)14-12-22/h2-15,28H,16-20H2,1H3,(H,31,36). The lowest BCUT2D eigenvalue weighted by Gasteiger charge is -2.38. The highest BCUT2D eigenvalue weighted by Crippen LogP contribution is 2.33. The largest absolute Gasteiger partial charge is 0.383 e. The lowest BCUT2D eigenvalue weighted by atomic mass is 9.99. The second-order valence-electron chi connectivity index (χ2n) is 9.04. The second kappa shape index (κ2) is 10.8. The molecule has 0 bridgehead atoms. The van der Waals surface area contributed by atoms with Crippen LogP contribution < -0.4 is 5.32 Å². The predicted octanol–water partition coefficient (Wildman–Crippen LogP) is 4.89. The molecule has 1 aliphatic rings. The number of nitrogens with zero attached hydrogens (tertiary/aromatic N) is 3. The SMILES string of the molecule is COCCN(CC(=O)N1CCn2cccc2C1c1ccc(F)cc1)C(=O)Nc1cccc2ccccc12. The van der Waals surface area contributed by atoms with Crippen LogP contribution in [0.4, 0.5) is 14.9 Å². The fourth-order valence-electron chi connectivity index (χ4n) is 4.88. The maximum Gasteiger partial charge on any atom is 0.322 e. The summed E-state index contributed by atoms with van der Waals surface area (Å²) in [6.45, 7) is 1.56. The number of ether oxygens (including phenoxy) is 1. The van der Waals surface area contributed by atoms with Gasteiger partial charge in [0.2, 0.25) is 5.91 Å².